The van der Waals surface area contributed by atoms with Crippen LogP contribution in [0.1, 0.15) is 51.0 Å². The van der Waals surface area contributed by atoms with Gasteiger partial charge in [0.25, 0.3) is 0 Å². The fraction of sp³-hybridized carbons (Fsp3) is 0.600. The van der Waals surface area contributed by atoms with Crippen molar-refractivity contribution in [3.63, 3.8) is 0 Å². The summed E-state index contributed by atoms with van der Waals surface area (Å²) in [6.45, 7) is 4.75. The predicted octanol–water partition coefficient (Wildman–Crippen LogP) is 4.62. The first-order valence-electron chi connectivity index (χ1n) is 6.32. The minimum absolute atomic E-state index is 0.826. The average Bonchev–Trinajstić information content (AvgIpc) is 2.30. The zero-order valence-corrected chi connectivity index (χ0v) is 9.95. The topological polar surface area (TPSA) is 0 Å². The van der Waals surface area contributed by atoms with Gasteiger partial charge in [0.1, 0.15) is 0 Å². The van der Waals surface area contributed by atoms with Crippen molar-refractivity contribution in [3.8, 4) is 0 Å². The first-order chi connectivity index (χ1) is 7.27. The van der Waals surface area contributed by atoms with Crippen LogP contribution in [0.4, 0.5) is 0 Å². The van der Waals surface area contributed by atoms with Gasteiger partial charge in [0.2, 0.25) is 0 Å². The molecule has 1 aliphatic rings. The Morgan fingerprint density at radius 1 is 1.07 bits per heavy atom. The maximum atomic E-state index is 2.37. The van der Waals surface area contributed by atoms with Crippen molar-refractivity contribution in [2.75, 3.05) is 0 Å². The van der Waals surface area contributed by atoms with Gasteiger partial charge in [-0.25, -0.2) is 0 Å². The predicted molar refractivity (Wildman–Crippen MR) is 66.0 cm³/mol. The highest BCUT2D eigenvalue weighted by atomic mass is 14.3. The molecule has 0 bridgehead atoms. The Labute approximate surface area is 93.7 Å². The molecule has 1 fully saturated rings. The molecule has 2 unspecified atom stereocenters. The summed E-state index contributed by atoms with van der Waals surface area (Å²) in [5.74, 6) is 2.63. The molecular formula is C15H22. The van der Waals surface area contributed by atoms with E-state index in [1.165, 1.54) is 25.7 Å². The van der Waals surface area contributed by atoms with E-state index in [2.05, 4.69) is 44.2 Å². The van der Waals surface area contributed by atoms with Crippen molar-refractivity contribution < 1.29 is 0 Å². The van der Waals surface area contributed by atoms with Gasteiger partial charge < -0.3 is 0 Å². The van der Waals surface area contributed by atoms with E-state index in [0.29, 0.717) is 0 Å². The molecule has 1 saturated carbocycles. The number of rotatable bonds is 2. The Kier molecular flexibility index (Phi) is 3.45. The summed E-state index contributed by atoms with van der Waals surface area (Å²) >= 11 is 0. The molecule has 15 heavy (non-hydrogen) atoms. The summed E-state index contributed by atoms with van der Waals surface area (Å²) in [4.78, 5) is 0. The lowest BCUT2D eigenvalue weighted by atomic mass is 9.74. The second kappa shape index (κ2) is 4.83. The fourth-order valence-electron chi connectivity index (χ4n) is 2.86. The molecule has 0 heteroatoms. The van der Waals surface area contributed by atoms with Crippen LogP contribution in [-0.2, 0) is 0 Å². The first kappa shape index (κ1) is 10.7. The van der Waals surface area contributed by atoms with Crippen molar-refractivity contribution in [3.05, 3.63) is 35.9 Å². The summed E-state index contributed by atoms with van der Waals surface area (Å²) in [5.41, 5.74) is 1.56. The van der Waals surface area contributed by atoms with Crippen LogP contribution in [0.2, 0.25) is 0 Å². The van der Waals surface area contributed by atoms with Crippen LogP contribution < -0.4 is 0 Å². The van der Waals surface area contributed by atoms with Crippen LogP contribution in [0.15, 0.2) is 30.3 Å². The fourth-order valence-corrected chi connectivity index (χ4v) is 2.86. The zero-order chi connectivity index (χ0) is 10.7. The van der Waals surface area contributed by atoms with Crippen molar-refractivity contribution in [2.24, 2.45) is 11.8 Å². The second-order valence-corrected chi connectivity index (χ2v) is 5.28. The lowest BCUT2D eigenvalue weighted by Gasteiger charge is -2.31. The zero-order valence-electron chi connectivity index (χ0n) is 9.95. The van der Waals surface area contributed by atoms with Crippen molar-refractivity contribution in [1.29, 1.82) is 0 Å². The molecule has 0 radical (unpaired) electrons. The lowest BCUT2D eigenvalue weighted by Crippen LogP contribution is -2.18. The normalized spacial score (nSPS) is 26.9. The number of benzene rings is 1. The summed E-state index contributed by atoms with van der Waals surface area (Å²) in [6.07, 6.45) is 5.67. The van der Waals surface area contributed by atoms with E-state index in [-0.39, 0.29) is 0 Å². The first-order valence-corrected chi connectivity index (χ1v) is 6.32. The van der Waals surface area contributed by atoms with Gasteiger partial charge in [0, 0.05) is 0 Å². The second-order valence-electron chi connectivity index (χ2n) is 5.28. The largest absolute Gasteiger partial charge is 0.0625 e. The Morgan fingerprint density at radius 3 is 2.47 bits per heavy atom. The van der Waals surface area contributed by atoms with Crippen LogP contribution in [0.25, 0.3) is 0 Å². The third-order valence-corrected chi connectivity index (χ3v) is 3.93. The molecule has 0 heterocycles. The van der Waals surface area contributed by atoms with Gasteiger partial charge in [-0.3, -0.25) is 0 Å². The lowest BCUT2D eigenvalue weighted by molar-refractivity contribution is 0.254. The Hall–Kier alpha value is -0.780. The Bertz CT molecular complexity index is 286. The molecule has 2 atom stereocenters. The van der Waals surface area contributed by atoms with Gasteiger partial charge in [-0.2, -0.15) is 0 Å². The summed E-state index contributed by atoms with van der Waals surface area (Å²) in [5, 5.41) is 0. The van der Waals surface area contributed by atoms with E-state index < -0.39 is 0 Å². The minimum atomic E-state index is 0.826. The van der Waals surface area contributed by atoms with Crippen molar-refractivity contribution >= 4 is 0 Å². The quantitative estimate of drug-likeness (QED) is 0.656. The van der Waals surface area contributed by atoms with Crippen LogP contribution >= 0.6 is 0 Å². The van der Waals surface area contributed by atoms with E-state index in [9.17, 15) is 0 Å². The maximum Gasteiger partial charge on any atom is -0.0159 e. The molecule has 0 amide bonds. The van der Waals surface area contributed by atoms with Gasteiger partial charge in [0.05, 0.1) is 0 Å². The molecule has 2 rings (SSSR count). The number of hydrogen-bond acceptors (Lipinski definition) is 0. The molecular weight excluding hydrogens is 180 g/mol. The van der Waals surface area contributed by atoms with E-state index in [0.717, 1.165) is 17.8 Å². The minimum Gasteiger partial charge on any atom is -0.0625 e. The maximum absolute atomic E-state index is 2.37. The molecule has 0 aliphatic heterocycles. The Balaban J connectivity index is 2.05. The highest BCUT2D eigenvalue weighted by molar-refractivity contribution is 5.20. The Morgan fingerprint density at radius 2 is 1.80 bits per heavy atom. The van der Waals surface area contributed by atoms with Crippen LogP contribution in [0.5, 0.6) is 0 Å². The highest BCUT2D eigenvalue weighted by Crippen LogP contribution is 2.38. The molecule has 1 aromatic carbocycles. The number of hydrogen-bond donors (Lipinski definition) is 0. The smallest absolute Gasteiger partial charge is 0.0159 e. The van der Waals surface area contributed by atoms with E-state index in [4.69, 9.17) is 0 Å². The molecule has 0 saturated heterocycles. The molecule has 0 N–H and O–H groups in total. The molecule has 0 spiro atoms. The van der Waals surface area contributed by atoms with Crippen LogP contribution in [-0.4, -0.2) is 0 Å². The van der Waals surface area contributed by atoms with E-state index >= 15 is 0 Å². The van der Waals surface area contributed by atoms with Crippen molar-refractivity contribution in [1.82, 2.24) is 0 Å². The van der Waals surface area contributed by atoms with E-state index in [1.54, 1.807) is 5.56 Å². The van der Waals surface area contributed by atoms with Crippen molar-refractivity contribution in [2.45, 2.75) is 45.4 Å². The van der Waals surface area contributed by atoms with E-state index in [1.807, 2.05) is 0 Å². The molecule has 0 aromatic heterocycles. The third kappa shape index (κ3) is 2.62. The van der Waals surface area contributed by atoms with Gasteiger partial charge in [-0.1, -0.05) is 57.0 Å². The highest BCUT2D eigenvalue weighted by Gasteiger charge is 2.24. The van der Waals surface area contributed by atoms with Crippen LogP contribution in [0, 0.1) is 11.8 Å². The summed E-state index contributed by atoms with van der Waals surface area (Å²) < 4.78 is 0. The van der Waals surface area contributed by atoms with Gasteiger partial charge in [-0.15, -0.1) is 0 Å². The SMILES string of the molecule is CC(C)C1CCCC(c2ccccc2)C1. The standard InChI is InChI=1S/C15H22/c1-12(2)14-9-6-10-15(11-14)13-7-4-3-5-8-13/h3-5,7-8,12,14-15H,6,9-11H2,1-2H3. The van der Waals surface area contributed by atoms with Gasteiger partial charge >= 0.3 is 0 Å². The molecule has 0 nitrogen and oxygen atoms in total. The molecule has 1 aromatic rings. The molecule has 1 aliphatic carbocycles. The average molecular weight is 202 g/mol. The third-order valence-electron chi connectivity index (χ3n) is 3.93. The van der Waals surface area contributed by atoms with Gasteiger partial charge in [-0.05, 0) is 36.2 Å². The summed E-state index contributed by atoms with van der Waals surface area (Å²) in [7, 11) is 0. The summed E-state index contributed by atoms with van der Waals surface area (Å²) in [6, 6.07) is 11.1. The van der Waals surface area contributed by atoms with Gasteiger partial charge in [0.15, 0.2) is 0 Å². The molecule has 82 valence electrons. The van der Waals surface area contributed by atoms with Crippen LogP contribution in [0.3, 0.4) is 0 Å². The monoisotopic (exact) mass is 202 g/mol.